The number of hydrogen-bond acceptors (Lipinski definition) is 3. The summed E-state index contributed by atoms with van der Waals surface area (Å²) in [7, 11) is 0. The quantitative estimate of drug-likeness (QED) is 0.917. The topological polar surface area (TPSA) is 32.3 Å². The third kappa shape index (κ3) is 4.67. The van der Waals surface area contributed by atoms with Crippen LogP contribution in [0.15, 0.2) is 22.7 Å². The Labute approximate surface area is 121 Å². The van der Waals surface area contributed by atoms with E-state index in [2.05, 4.69) is 26.1 Å². The number of hydrogen-bond donors (Lipinski definition) is 1. The molecule has 0 atom stereocenters. The number of carbonyl (C=O) groups excluding carboxylic acids is 1. The van der Waals surface area contributed by atoms with E-state index in [1.807, 2.05) is 0 Å². The summed E-state index contributed by atoms with van der Waals surface area (Å²) in [6.45, 7) is 4.33. The summed E-state index contributed by atoms with van der Waals surface area (Å²) in [4.78, 5) is 14.2. The van der Waals surface area contributed by atoms with Gasteiger partial charge in [0.25, 0.3) is 0 Å². The van der Waals surface area contributed by atoms with Gasteiger partial charge in [0.15, 0.2) is 5.78 Å². The molecule has 0 aliphatic carbocycles. The Morgan fingerprint density at radius 1 is 1.37 bits per heavy atom. The molecule has 0 spiro atoms. The van der Waals surface area contributed by atoms with Crippen LogP contribution in [0.25, 0.3) is 0 Å². The van der Waals surface area contributed by atoms with Gasteiger partial charge in [-0.15, -0.1) is 0 Å². The van der Waals surface area contributed by atoms with E-state index in [-0.39, 0.29) is 11.6 Å². The van der Waals surface area contributed by atoms with Crippen molar-refractivity contribution in [3.63, 3.8) is 0 Å². The van der Waals surface area contributed by atoms with Crippen LogP contribution in [0.3, 0.4) is 0 Å². The number of halogens is 2. The molecule has 0 aromatic heterocycles. The summed E-state index contributed by atoms with van der Waals surface area (Å²) in [5.41, 5.74) is 0.853. The molecule has 19 heavy (non-hydrogen) atoms. The van der Waals surface area contributed by atoms with Gasteiger partial charge >= 0.3 is 0 Å². The van der Waals surface area contributed by atoms with Crippen molar-refractivity contribution in [3.05, 3.63) is 34.1 Å². The van der Waals surface area contributed by atoms with Crippen LogP contribution in [0.5, 0.6) is 0 Å². The molecule has 5 heteroatoms. The first-order valence-corrected chi connectivity index (χ1v) is 7.33. The van der Waals surface area contributed by atoms with Gasteiger partial charge in [-0.2, -0.15) is 0 Å². The Morgan fingerprint density at radius 3 is 3.00 bits per heavy atom. The Morgan fingerprint density at radius 2 is 2.21 bits per heavy atom. The van der Waals surface area contributed by atoms with Crippen molar-refractivity contribution >= 4 is 21.7 Å². The zero-order valence-corrected chi connectivity index (χ0v) is 12.4. The molecule has 104 valence electrons. The lowest BCUT2D eigenvalue weighted by atomic mass is 10.1. The van der Waals surface area contributed by atoms with Gasteiger partial charge in [-0.3, -0.25) is 9.69 Å². The highest BCUT2D eigenvalue weighted by atomic mass is 79.9. The zero-order chi connectivity index (χ0) is 13.7. The molecule has 1 heterocycles. The number of carbonyl (C=O) groups is 1. The molecule has 1 aliphatic heterocycles. The van der Waals surface area contributed by atoms with Crippen LogP contribution in [-0.4, -0.2) is 43.4 Å². The third-order valence-electron chi connectivity index (χ3n) is 3.22. The highest BCUT2D eigenvalue weighted by Gasteiger charge is 2.13. The predicted molar refractivity (Wildman–Crippen MR) is 76.7 cm³/mol. The zero-order valence-electron chi connectivity index (χ0n) is 10.8. The van der Waals surface area contributed by atoms with E-state index in [4.69, 9.17) is 0 Å². The van der Waals surface area contributed by atoms with Gasteiger partial charge < -0.3 is 5.32 Å². The summed E-state index contributed by atoms with van der Waals surface area (Å²) in [6, 6.07) is 4.74. The lowest BCUT2D eigenvalue weighted by molar-refractivity contribution is -0.119. The van der Waals surface area contributed by atoms with E-state index in [1.54, 1.807) is 12.1 Å². The van der Waals surface area contributed by atoms with Crippen molar-refractivity contribution in [2.24, 2.45) is 0 Å². The number of nitrogens with zero attached hydrogens (tertiary/aromatic N) is 1. The molecule has 0 unspecified atom stereocenters. The van der Waals surface area contributed by atoms with Gasteiger partial charge in [0.2, 0.25) is 0 Å². The number of benzene rings is 1. The van der Waals surface area contributed by atoms with Crippen LogP contribution in [0.2, 0.25) is 0 Å². The highest BCUT2D eigenvalue weighted by molar-refractivity contribution is 9.10. The van der Waals surface area contributed by atoms with Crippen LogP contribution in [0.1, 0.15) is 12.0 Å². The van der Waals surface area contributed by atoms with E-state index in [0.717, 1.165) is 38.2 Å². The minimum atomic E-state index is -0.296. The van der Waals surface area contributed by atoms with E-state index in [9.17, 15) is 9.18 Å². The molecule has 1 saturated heterocycles. The number of Topliss-reactive ketones (excluding diaryl/α,β-unsaturated/α-hetero) is 1. The molecule has 1 N–H and O–H groups in total. The number of rotatable bonds is 4. The van der Waals surface area contributed by atoms with Gasteiger partial charge in [0, 0.05) is 19.5 Å². The van der Waals surface area contributed by atoms with Crippen LogP contribution in [-0.2, 0) is 11.2 Å². The van der Waals surface area contributed by atoms with E-state index in [1.165, 1.54) is 6.07 Å². The monoisotopic (exact) mass is 328 g/mol. The van der Waals surface area contributed by atoms with Crippen LogP contribution in [0.4, 0.5) is 4.39 Å². The Bertz CT molecular complexity index is 445. The third-order valence-corrected chi connectivity index (χ3v) is 3.83. The summed E-state index contributed by atoms with van der Waals surface area (Å²) in [5, 5.41) is 3.31. The molecule has 3 nitrogen and oxygen atoms in total. The number of ketones is 1. The fourth-order valence-corrected chi connectivity index (χ4v) is 2.67. The van der Waals surface area contributed by atoms with Crippen LogP contribution < -0.4 is 5.32 Å². The first kappa shape index (κ1) is 14.6. The summed E-state index contributed by atoms with van der Waals surface area (Å²) in [6.07, 6.45) is 1.44. The second-order valence-electron chi connectivity index (χ2n) is 4.84. The SMILES string of the molecule is O=C(Cc1ccc(F)c(Br)c1)CN1CCCNCC1. The second-order valence-corrected chi connectivity index (χ2v) is 5.70. The predicted octanol–water partition coefficient (Wildman–Crippen LogP) is 2.00. The largest absolute Gasteiger partial charge is 0.315 e. The average molecular weight is 329 g/mol. The van der Waals surface area contributed by atoms with E-state index in [0.29, 0.717) is 17.4 Å². The van der Waals surface area contributed by atoms with E-state index >= 15 is 0 Å². The Kier molecular flexibility index (Phi) is 5.48. The maximum Gasteiger partial charge on any atom is 0.151 e. The van der Waals surface area contributed by atoms with E-state index < -0.39 is 0 Å². The van der Waals surface area contributed by atoms with Gasteiger partial charge in [-0.05, 0) is 53.1 Å². The van der Waals surface area contributed by atoms with Gasteiger partial charge in [-0.25, -0.2) is 4.39 Å². The lowest BCUT2D eigenvalue weighted by Gasteiger charge is -2.18. The second kappa shape index (κ2) is 7.12. The standard InChI is InChI=1S/C14H18BrFN2O/c15-13-9-11(2-3-14(13)16)8-12(19)10-18-6-1-4-17-5-7-18/h2-3,9,17H,1,4-8,10H2. The van der Waals surface area contributed by atoms with Crippen molar-refractivity contribution in [2.45, 2.75) is 12.8 Å². The Balaban J connectivity index is 1.87. The molecular formula is C14H18BrFN2O. The smallest absolute Gasteiger partial charge is 0.151 e. The summed E-state index contributed by atoms with van der Waals surface area (Å²) in [5.74, 6) is -0.116. The van der Waals surface area contributed by atoms with Crippen molar-refractivity contribution in [1.82, 2.24) is 10.2 Å². The van der Waals surface area contributed by atoms with Crippen LogP contribution >= 0.6 is 15.9 Å². The highest BCUT2D eigenvalue weighted by Crippen LogP contribution is 2.17. The van der Waals surface area contributed by atoms with Crippen molar-refractivity contribution in [1.29, 1.82) is 0 Å². The Hall–Kier alpha value is -0.780. The van der Waals surface area contributed by atoms with Gasteiger partial charge in [-0.1, -0.05) is 6.07 Å². The molecule has 2 rings (SSSR count). The molecule has 0 saturated carbocycles. The normalized spacial score (nSPS) is 17.2. The first-order valence-electron chi connectivity index (χ1n) is 6.54. The van der Waals surface area contributed by atoms with Crippen molar-refractivity contribution in [3.8, 4) is 0 Å². The molecular weight excluding hydrogens is 311 g/mol. The minimum absolute atomic E-state index is 0.181. The maximum absolute atomic E-state index is 13.1. The van der Waals surface area contributed by atoms with Crippen molar-refractivity contribution in [2.75, 3.05) is 32.7 Å². The number of nitrogens with one attached hydrogen (secondary N) is 1. The van der Waals surface area contributed by atoms with Gasteiger partial charge in [0.05, 0.1) is 11.0 Å². The summed E-state index contributed by atoms with van der Waals surface area (Å²) >= 11 is 3.14. The molecule has 0 bridgehead atoms. The molecule has 0 amide bonds. The van der Waals surface area contributed by atoms with Crippen molar-refractivity contribution < 1.29 is 9.18 Å². The molecule has 1 aromatic rings. The molecule has 1 fully saturated rings. The molecule has 1 aromatic carbocycles. The van der Waals surface area contributed by atoms with Crippen LogP contribution in [0, 0.1) is 5.82 Å². The maximum atomic E-state index is 13.1. The fourth-order valence-electron chi connectivity index (χ4n) is 2.24. The molecule has 0 radical (unpaired) electrons. The summed E-state index contributed by atoms with van der Waals surface area (Å²) < 4.78 is 13.5. The van der Waals surface area contributed by atoms with Gasteiger partial charge in [0.1, 0.15) is 5.82 Å². The minimum Gasteiger partial charge on any atom is -0.315 e. The fraction of sp³-hybridized carbons (Fsp3) is 0.500. The molecule has 1 aliphatic rings. The first-order chi connectivity index (χ1) is 9.15. The lowest BCUT2D eigenvalue weighted by Crippen LogP contribution is -2.33. The average Bonchev–Trinajstić information content (AvgIpc) is 2.62.